The molecule has 1 aliphatic rings. The van der Waals surface area contributed by atoms with Gasteiger partial charge in [-0.25, -0.2) is 4.98 Å². The second-order valence-electron chi connectivity index (χ2n) is 6.67. The molecule has 160 valence electrons. The topological polar surface area (TPSA) is 45.7 Å². The maximum absolute atomic E-state index is 12.8. The van der Waals surface area contributed by atoms with Gasteiger partial charge in [0.1, 0.15) is 11.6 Å². The van der Waals surface area contributed by atoms with Gasteiger partial charge in [0.15, 0.2) is 0 Å². The quantitative estimate of drug-likeness (QED) is 0.643. The molecule has 1 aliphatic heterocycles. The molecule has 30 heavy (non-hydrogen) atoms. The number of anilines is 1. The normalized spacial score (nSPS) is 15.0. The van der Waals surface area contributed by atoms with Crippen LogP contribution in [0.5, 0.6) is 5.75 Å². The van der Waals surface area contributed by atoms with E-state index in [9.17, 15) is 18.0 Å². The summed E-state index contributed by atoms with van der Waals surface area (Å²) in [5.41, 5.74) is -0.00401. The van der Waals surface area contributed by atoms with Crippen LogP contribution in [-0.4, -0.2) is 48.6 Å². The van der Waals surface area contributed by atoms with Gasteiger partial charge in [-0.05, 0) is 36.8 Å². The van der Waals surface area contributed by atoms with Crippen LogP contribution < -0.4 is 9.64 Å². The molecule has 0 bridgehead atoms. The Morgan fingerprint density at radius 2 is 1.87 bits per heavy atom. The second-order valence-corrected chi connectivity index (χ2v) is 7.08. The highest BCUT2D eigenvalue weighted by Crippen LogP contribution is 2.33. The summed E-state index contributed by atoms with van der Waals surface area (Å²) in [6.07, 6.45) is -0.471. The predicted molar refractivity (Wildman–Crippen MR) is 110 cm³/mol. The van der Waals surface area contributed by atoms with E-state index in [4.69, 9.17) is 16.3 Å². The van der Waals surface area contributed by atoms with E-state index < -0.39 is 11.7 Å². The Morgan fingerprint density at radius 1 is 1.20 bits per heavy atom. The number of rotatable bonds is 5. The van der Waals surface area contributed by atoms with E-state index in [1.807, 2.05) is 31.2 Å². The van der Waals surface area contributed by atoms with Gasteiger partial charge in [-0.3, -0.25) is 4.79 Å². The molecule has 1 fully saturated rings. The average Bonchev–Trinajstić information content (AvgIpc) is 2.73. The number of nitrogens with zero attached hydrogens (tertiary/aromatic N) is 3. The molecule has 0 unspecified atom stereocenters. The first kappa shape index (κ1) is 22.0. The van der Waals surface area contributed by atoms with E-state index in [-0.39, 0.29) is 10.9 Å². The summed E-state index contributed by atoms with van der Waals surface area (Å²) in [5.74, 6) is 0.935. The lowest BCUT2D eigenvalue weighted by molar-refractivity contribution is -0.137. The minimum Gasteiger partial charge on any atom is -0.494 e. The van der Waals surface area contributed by atoms with Gasteiger partial charge in [0, 0.05) is 38.5 Å². The number of carbonyl (C=O) groups excluding carboxylic acids is 1. The van der Waals surface area contributed by atoms with Crippen molar-refractivity contribution in [3.63, 3.8) is 0 Å². The molecule has 1 aromatic carbocycles. The molecule has 0 radical (unpaired) electrons. The number of pyridine rings is 1. The number of alkyl halides is 3. The monoisotopic (exact) mass is 439 g/mol. The van der Waals surface area contributed by atoms with Gasteiger partial charge in [-0.2, -0.15) is 13.2 Å². The zero-order valence-electron chi connectivity index (χ0n) is 16.3. The molecule has 0 saturated carbocycles. The minimum atomic E-state index is -4.49. The van der Waals surface area contributed by atoms with Crippen molar-refractivity contribution >= 4 is 29.4 Å². The number of piperazine rings is 1. The lowest BCUT2D eigenvalue weighted by Crippen LogP contribution is -2.48. The SMILES string of the molecule is CCOc1ccc(/C=C/C(=O)N2CCN(c3ncc(C(F)(F)F)cc3Cl)CC2)cc1. The molecule has 1 amide bonds. The molecule has 5 nitrogen and oxygen atoms in total. The third-order valence-electron chi connectivity index (χ3n) is 4.65. The van der Waals surface area contributed by atoms with E-state index in [1.54, 1.807) is 15.9 Å². The molecule has 0 atom stereocenters. The van der Waals surface area contributed by atoms with Crippen LogP contribution in [0, 0.1) is 0 Å². The van der Waals surface area contributed by atoms with Crippen molar-refractivity contribution in [2.45, 2.75) is 13.1 Å². The largest absolute Gasteiger partial charge is 0.494 e. The molecule has 2 aromatic rings. The summed E-state index contributed by atoms with van der Waals surface area (Å²) in [6, 6.07) is 8.29. The Bertz CT molecular complexity index is 909. The van der Waals surface area contributed by atoms with E-state index in [0.717, 1.165) is 23.6 Å². The average molecular weight is 440 g/mol. The van der Waals surface area contributed by atoms with Gasteiger partial charge in [0.05, 0.1) is 17.2 Å². The fraction of sp³-hybridized carbons (Fsp3) is 0.333. The zero-order chi connectivity index (χ0) is 21.7. The lowest BCUT2D eigenvalue weighted by atomic mass is 10.2. The first-order valence-corrected chi connectivity index (χ1v) is 9.83. The highest BCUT2D eigenvalue weighted by molar-refractivity contribution is 6.33. The summed E-state index contributed by atoms with van der Waals surface area (Å²) in [4.78, 5) is 19.8. The maximum atomic E-state index is 12.8. The molecule has 0 spiro atoms. The van der Waals surface area contributed by atoms with Crippen LogP contribution >= 0.6 is 11.6 Å². The Kier molecular flexibility index (Phi) is 6.87. The molecule has 2 heterocycles. The zero-order valence-corrected chi connectivity index (χ0v) is 17.1. The van der Waals surface area contributed by atoms with Gasteiger partial charge in [-0.1, -0.05) is 23.7 Å². The number of halogens is 4. The van der Waals surface area contributed by atoms with Crippen molar-refractivity contribution < 1.29 is 22.7 Å². The van der Waals surface area contributed by atoms with Crippen LogP contribution in [0.4, 0.5) is 19.0 Å². The maximum Gasteiger partial charge on any atom is 0.417 e. The molecule has 1 saturated heterocycles. The first-order chi connectivity index (χ1) is 14.3. The van der Waals surface area contributed by atoms with Crippen LogP contribution in [0.2, 0.25) is 5.02 Å². The van der Waals surface area contributed by atoms with Crippen molar-refractivity contribution in [2.24, 2.45) is 0 Å². The van der Waals surface area contributed by atoms with Crippen LogP contribution in [0.15, 0.2) is 42.6 Å². The number of hydrogen-bond donors (Lipinski definition) is 0. The Balaban J connectivity index is 1.56. The van der Waals surface area contributed by atoms with Crippen molar-refractivity contribution in [1.82, 2.24) is 9.88 Å². The fourth-order valence-electron chi connectivity index (χ4n) is 3.07. The number of amides is 1. The summed E-state index contributed by atoms with van der Waals surface area (Å²) in [6.45, 7) is 4.21. The number of carbonyl (C=O) groups is 1. The van der Waals surface area contributed by atoms with E-state index >= 15 is 0 Å². The Hall–Kier alpha value is -2.74. The van der Waals surface area contributed by atoms with Crippen LogP contribution in [0.25, 0.3) is 6.08 Å². The Labute approximate surface area is 177 Å². The minimum absolute atomic E-state index is 0.0556. The molecule has 1 aromatic heterocycles. The summed E-state index contributed by atoms with van der Waals surface area (Å²) in [7, 11) is 0. The third kappa shape index (κ3) is 5.44. The van der Waals surface area contributed by atoms with Gasteiger partial charge < -0.3 is 14.5 Å². The van der Waals surface area contributed by atoms with E-state index in [1.165, 1.54) is 6.08 Å². The van der Waals surface area contributed by atoms with Crippen molar-refractivity contribution in [2.75, 3.05) is 37.7 Å². The second kappa shape index (κ2) is 9.38. The molecule has 9 heteroatoms. The fourth-order valence-corrected chi connectivity index (χ4v) is 3.36. The molecular formula is C21H21ClF3N3O2. The highest BCUT2D eigenvalue weighted by Gasteiger charge is 2.32. The molecule has 0 aliphatic carbocycles. The summed E-state index contributed by atoms with van der Waals surface area (Å²) >= 11 is 6.01. The Morgan fingerprint density at radius 3 is 2.43 bits per heavy atom. The summed E-state index contributed by atoms with van der Waals surface area (Å²) < 4.78 is 43.7. The van der Waals surface area contributed by atoms with Gasteiger partial charge >= 0.3 is 6.18 Å². The van der Waals surface area contributed by atoms with Crippen LogP contribution in [0.1, 0.15) is 18.1 Å². The number of hydrogen-bond acceptors (Lipinski definition) is 4. The third-order valence-corrected chi connectivity index (χ3v) is 4.93. The van der Waals surface area contributed by atoms with Crippen molar-refractivity contribution in [3.05, 3.63) is 58.8 Å². The first-order valence-electron chi connectivity index (χ1n) is 9.45. The highest BCUT2D eigenvalue weighted by atomic mass is 35.5. The standard InChI is InChI=1S/C21H21ClF3N3O2/c1-2-30-17-6-3-15(4-7-17)5-8-19(29)27-9-11-28(12-10-27)20-18(22)13-16(14-26-20)21(23,24)25/h3-8,13-14H,2,9-12H2,1H3/b8-5+. The van der Waals surface area contributed by atoms with Crippen molar-refractivity contribution in [3.8, 4) is 5.75 Å². The van der Waals surface area contributed by atoms with Gasteiger partial charge in [0.25, 0.3) is 0 Å². The number of benzene rings is 1. The number of ether oxygens (including phenoxy) is 1. The predicted octanol–water partition coefficient (Wildman–Crippen LogP) is 4.51. The van der Waals surface area contributed by atoms with Crippen LogP contribution in [-0.2, 0) is 11.0 Å². The summed E-state index contributed by atoms with van der Waals surface area (Å²) in [5, 5.41) is -0.0556. The molecule has 3 rings (SSSR count). The van der Waals surface area contributed by atoms with Crippen molar-refractivity contribution in [1.29, 1.82) is 0 Å². The lowest BCUT2D eigenvalue weighted by Gasteiger charge is -2.35. The smallest absolute Gasteiger partial charge is 0.417 e. The molecule has 0 N–H and O–H groups in total. The van der Waals surface area contributed by atoms with Gasteiger partial charge in [-0.15, -0.1) is 0 Å². The van der Waals surface area contributed by atoms with E-state index in [0.29, 0.717) is 38.6 Å². The van der Waals surface area contributed by atoms with E-state index in [2.05, 4.69) is 4.98 Å². The van der Waals surface area contributed by atoms with Crippen LogP contribution in [0.3, 0.4) is 0 Å². The number of aromatic nitrogens is 1. The van der Waals surface area contributed by atoms with Gasteiger partial charge in [0.2, 0.25) is 5.91 Å². The molecular weight excluding hydrogens is 419 g/mol.